The summed E-state index contributed by atoms with van der Waals surface area (Å²) in [7, 11) is 3.67. The van der Waals surface area contributed by atoms with E-state index in [9.17, 15) is 10.1 Å². The molecule has 2 aromatic heterocycles. The average Bonchev–Trinajstić information content (AvgIpc) is 2.93. The minimum Gasteiger partial charge on any atom is -0.333 e. The van der Waals surface area contributed by atoms with E-state index in [1.807, 2.05) is 17.8 Å². The molecule has 0 saturated carbocycles. The molecule has 0 N–H and O–H groups in total. The third-order valence-corrected chi connectivity index (χ3v) is 3.08. The number of rotatable bonds is 2. The molecule has 0 aliphatic heterocycles. The molecule has 0 spiro atoms. The molecule has 0 radical (unpaired) electrons. The van der Waals surface area contributed by atoms with Crippen molar-refractivity contribution in [2.24, 2.45) is 14.1 Å². The van der Waals surface area contributed by atoms with Crippen LogP contribution in [-0.4, -0.2) is 24.3 Å². The first-order chi connectivity index (χ1) is 9.08. The summed E-state index contributed by atoms with van der Waals surface area (Å²) < 4.78 is 3.53. The van der Waals surface area contributed by atoms with Crippen LogP contribution in [0.25, 0.3) is 22.4 Å². The van der Waals surface area contributed by atoms with Crippen LogP contribution in [0.15, 0.2) is 30.6 Å². The van der Waals surface area contributed by atoms with Crippen LogP contribution in [0.1, 0.15) is 0 Å². The first-order valence-corrected chi connectivity index (χ1v) is 5.67. The maximum atomic E-state index is 10.9. The Hall–Kier alpha value is -2.41. The first-order valence-electron chi connectivity index (χ1n) is 5.67. The fraction of sp³-hybridized carbons (Fsp3) is 0.167. The van der Waals surface area contributed by atoms with Crippen LogP contribution in [0.2, 0.25) is 0 Å². The van der Waals surface area contributed by atoms with Crippen molar-refractivity contribution in [2.75, 3.05) is 0 Å². The third-order valence-electron chi connectivity index (χ3n) is 3.08. The summed E-state index contributed by atoms with van der Waals surface area (Å²) >= 11 is 0. The zero-order chi connectivity index (χ0) is 13.6. The highest BCUT2D eigenvalue weighted by atomic mass is 35.5. The Balaban J connectivity index is 0.00000147. The van der Waals surface area contributed by atoms with Gasteiger partial charge in [0.2, 0.25) is 0 Å². The zero-order valence-corrected chi connectivity index (χ0v) is 11.7. The Bertz CT molecular complexity index is 792. The van der Waals surface area contributed by atoms with E-state index < -0.39 is 4.92 Å². The normalized spacial score (nSPS) is 10.5. The van der Waals surface area contributed by atoms with Crippen LogP contribution < -0.4 is 0 Å². The van der Waals surface area contributed by atoms with Gasteiger partial charge < -0.3 is 4.57 Å². The number of benzene rings is 1. The van der Waals surface area contributed by atoms with Crippen LogP contribution in [0, 0.1) is 10.1 Å². The van der Waals surface area contributed by atoms with Gasteiger partial charge in [-0.05, 0) is 6.07 Å². The number of nitrogens with zero attached hydrogens (tertiary/aromatic N) is 5. The van der Waals surface area contributed by atoms with Gasteiger partial charge in [0.1, 0.15) is 5.69 Å². The van der Waals surface area contributed by atoms with E-state index in [2.05, 4.69) is 10.1 Å². The molecule has 3 rings (SSSR count). The Morgan fingerprint density at radius 2 is 2.05 bits per heavy atom. The summed E-state index contributed by atoms with van der Waals surface area (Å²) in [4.78, 5) is 14.7. The molecule has 20 heavy (non-hydrogen) atoms. The van der Waals surface area contributed by atoms with Crippen molar-refractivity contribution in [2.45, 2.75) is 0 Å². The average molecular weight is 294 g/mol. The molecular formula is C12H12ClN5O2. The van der Waals surface area contributed by atoms with E-state index in [4.69, 9.17) is 0 Å². The van der Waals surface area contributed by atoms with Gasteiger partial charge in [-0.2, -0.15) is 5.10 Å². The lowest BCUT2D eigenvalue weighted by atomic mass is 10.2. The van der Waals surface area contributed by atoms with E-state index in [-0.39, 0.29) is 18.1 Å². The molecule has 0 aliphatic rings. The van der Waals surface area contributed by atoms with Gasteiger partial charge >= 0.3 is 0 Å². The van der Waals surface area contributed by atoms with Gasteiger partial charge in [-0.25, -0.2) is 4.98 Å². The molecule has 0 bridgehead atoms. The molecule has 0 fully saturated rings. The van der Waals surface area contributed by atoms with Gasteiger partial charge in [0, 0.05) is 44.0 Å². The van der Waals surface area contributed by atoms with Gasteiger partial charge in [0.05, 0.1) is 10.4 Å². The Kier molecular flexibility index (Phi) is 3.46. The van der Waals surface area contributed by atoms with Crippen molar-refractivity contribution < 1.29 is 4.92 Å². The SMILES string of the molecule is Cl.Cn1ccnc1-c1nn(C)c2ccc([N+](=O)[O-])cc12. The lowest BCUT2D eigenvalue weighted by Crippen LogP contribution is -1.94. The van der Waals surface area contributed by atoms with Crippen LogP contribution in [0.5, 0.6) is 0 Å². The summed E-state index contributed by atoms with van der Waals surface area (Å²) in [5.41, 5.74) is 1.54. The van der Waals surface area contributed by atoms with Crippen molar-refractivity contribution >= 4 is 29.0 Å². The molecule has 104 valence electrons. The largest absolute Gasteiger partial charge is 0.333 e. The summed E-state index contributed by atoms with van der Waals surface area (Å²) in [6, 6.07) is 4.71. The Labute approximate surface area is 120 Å². The number of aromatic nitrogens is 4. The van der Waals surface area contributed by atoms with Crippen molar-refractivity contribution in [3.8, 4) is 11.5 Å². The highest BCUT2D eigenvalue weighted by Gasteiger charge is 2.17. The van der Waals surface area contributed by atoms with Crippen molar-refractivity contribution in [1.29, 1.82) is 0 Å². The number of halogens is 1. The van der Waals surface area contributed by atoms with Crippen LogP contribution in [0.3, 0.4) is 0 Å². The maximum Gasteiger partial charge on any atom is 0.270 e. The number of aryl methyl sites for hydroxylation is 2. The number of imidazole rings is 1. The molecule has 2 heterocycles. The second-order valence-electron chi connectivity index (χ2n) is 4.29. The van der Waals surface area contributed by atoms with Gasteiger partial charge in [0.25, 0.3) is 5.69 Å². The topological polar surface area (TPSA) is 78.8 Å². The van der Waals surface area contributed by atoms with E-state index in [1.165, 1.54) is 12.1 Å². The number of hydrogen-bond acceptors (Lipinski definition) is 4. The van der Waals surface area contributed by atoms with Crippen molar-refractivity contribution in [3.63, 3.8) is 0 Å². The Morgan fingerprint density at radius 3 is 2.65 bits per heavy atom. The number of non-ortho nitro benzene ring substituents is 1. The predicted octanol–water partition coefficient (Wildman–Crippen LogP) is 2.30. The molecule has 0 saturated heterocycles. The molecule has 0 amide bonds. The zero-order valence-electron chi connectivity index (χ0n) is 10.8. The second kappa shape index (κ2) is 4.93. The van der Waals surface area contributed by atoms with Crippen LogP contribution in [0.4, 0.5) is 5.69 Å². The molecule has 7 nitrogen and oxygen atoms in total. The van der Waals surface area contributed by atoms with E-state index in [0.29, 0.717) is 11.5 Å². The predicted molar refractivity (Wildman–Crippen MR) is 76.8 cm³/mol. The smallest absolute Gasteiger partial charge is 0.270 e. The standard InChI is InChI=1S/C12H11N5O2.ClH/c1-15-6-5-13-12(15)11-9-7-8(17(18)19)3-4-10(9)16(2)14-11;/h3-7H,1-2H3;1H. The second-order valence-corrected chi connectivity index (χ2v) is 4.29. The highest BCUT2D eigenvalue weighted by Crippen LogP contribution is 2.29. The summed E-state index contributed by atoms with van der Waals surface area (Å²) in [6.07, 6.45) is 3.49. The van der Waals surface area contributed by atoms with Gasteiger partial charge in [-0.1, -0.05) is 0 Å². The van der Waals surface area contributed by atoms with Gasteiger partial charge in [-0.3, -0.25) is 14.8 Å². The minimum atomic E-state index is -0.408. The number of nitro groups is 1. The van der Waals surface area contributed by atoms with E-state index in [1.54, 1.807) is 24.0 Å². The van der Waals surface area contributed by atoms with E-state index in [0.717, 1.165) is 10.9 Å². The minimum absolute atomic E-state index is 0. The van der Waals surface area contributed by atoms with Crippen molar-refractivity contribution in [3.05, 3.63) is 40.7 Å². The first kappa shape index (κ1) is 14.0. The quantitative estimate of drug-likeness (QED) is 0.536. The lowest BCUT2D eigenvalue weighted by Gasteiger charge is -1.98. The monoisotopic (exact) mass is 293 g/mol. The fourth-order valence-corrected chi connectivity index (χ4v) is 2.13. The highest BCUT2D eigenvalue weighted by molar-refractivity contribution is 5.93. The summed E-state index contributed by atoms with van der Waals surface area (Å²) in [5.74, 6) is 0.686. The number of hydrogen-bond donors (Lipinski definition) is 0. The molecule has 0 unspecified atom stereocenters. The van der Waals surface area contributed by atoms with Gasteiger partial charge in [-0.15, -0.1) is 12.4 Å². The summed E-state index contributed by atoms with van der Waals surface area (Å²) in [6.45, 7) is 0. The molecule has 8 heteroatoms. The van der Waals surface area contributed by atoms with Crippen LogP contribution in [-0.2, 0) is 14.1 Å². The van der Waals surface area contributed by atoms with E-state index >= 15 is 0 Å². The van der Waals surface area contributed by atoms with Crippen LogP contribution >= 0.6 is 12.4 Å². The van der Waals surface area contributed by atoms with Crippen molar-refractivity contribution in [1.82, 2.24) is 19.3 Å². The maximum absolute atomic E-state index is 10.9. The Morgan fingerprint density at radius 1 is 1.30 bits per heavy atom. The molecular weight excluding hydrogens is 282 g/mol. The summed E-state index contributed by atoms with van der Waals surface area (Å²) in [5, 5.41) is 16.0. The molecule has 3 aromatic rings. The molecule has 0 aliphatic carbocycles. The number of nitro benzene ring substituents is 1. The fourth-order valence-electron chi connectivity index (χ4n) is 2.13. The lowest BCUT2D eigenvalue weighted by molar-refractivity contribution is -0.384. The molecule has 1 aromatic carbocycles. The van der Waals surface area contributed by atoms with Gasteiger partial charge in [0.15, 0.2) is 5.82 Å². The number of fused-ring (bicyclic) bond motifs is 1. The molecule has 0 atom stereocenters. The third kappa shape index (κ3) is 2.01.